The van der Waals surface area contributed by atoms with Gasteiger partial charge in [-0.3, -0.25) is 9.59 Å². The molecule has 2 aromatic carbocycles. The fraction of sp³-hybridized carbons (Fsp3) is 0.222. The van der Waals surface area contributed by atoms with E-state index in [2.05, 4.69) is 5.32 Å². The molecule has 0 aromatic heterocycles. The highest BCUT2D eigenvalue weighted by Gasteiger charge is 2.32. The van der Waals surface area contributed by atoms with Crippen LogP contribution in [0, 0.1) is 0 Å². The van der Waals surface area contributed by atoms with Gasteiger partial charge in [0.05, 0.1) is 12.0 Å². The zero-order valence-corrected chi connectivity index (χ0v) is 12.9. The first-order valence-electron chi connectivity index (χ1n) is 7.31. The molecule has 1 amide bonds. The van der Waals surface area contributed by atoms with Crippen molar-refractivity contribution in [2.75, 3.05) is 5.32 Å². The van der Waals surface area contributed by atoms with Gasteiger partial charge in [0.15, 0.2) is 5.78 Å². The zero-order chi connectivity index (χ0) is 16.6. The van der Waals surface area contributed by atoms with Crippen molar-refractivity contribution in [1.29, 1.82) is 0 Å². The van der Waals surface area contributed by atoms with Gasteiger partial charge in [0.25, 0.3) is 5.91 Å². The van der Waals surface area contributed by atoms with Crippen LogP contribution in [0.5, 0.6) is 11.5 Å². The van der Waals surface area contributed by atoms with Gasteiger partial charge in [-0.1, -0.05) is 0 Å². The lowest BCUT2D eigenvalue weighted by molar-refractivity contribution is 0.0620. The van der Waals surface area contributed by atoms with Crippen LogP contribution in [0.15, 0.2) is 42.5 Å². The number of amides is 1. The maximum atomic E-state index is 12.3. The Morgan fingerprint density at radius 1 is 1.17 bits per heavy atom. The summed E-state index contributed by atoms with van der Waals surface area (Å²) in [6.45, 7) is 3.72. The minimum Gasteiger partial charge on any atom is -0.508 e. The van der Waals surface area contributed by atoms with E-state index in [0.29, 0.717) is 22.6 Å². The van der Waals surface area contributed by atoms with Crippen LogP contribution >= 0.6 is 0 Å². The Bertz CT molecular complexity index is 778. The summed E-state index contributed by atoms with van der Waals surface area (Å²) in [6.07, 6.45) is 0.281. The molecule has 0 saturated heterocycles. The Morgan fingerprint density at radius 3 is 2.57 bits per heavy atom. The van der Waals surface area contributed by atoms with Gasteiger partial charge < -0.3 is 15.2 Å². The number of rotatable bonds is 2. The van der Waals surface area contributed by atoms with Crippen molar-refractivity contribution in [3.05, 3.63) is 53.6 Å². The molecule has 118 valence electrons. The third-order valence-electron chi connectivity index (χ3n) is 3.64. The van der Waals surface area contributed by atoms with E-state index in [1.165, 1.54) is 12.1 Å². The van der Waals surface area contributed by atoms with Crippen LogP contribution in [0.2, 0.25) is 0 Å². The molecular formula is C18H17NO4. The number of hydrogen-bond donors (Lipinski definition) is 2. The number of phenolic OH excluding ortho intramolecular Hbond substituents is 1. The van der Waals surface area contributed by atoms with E-state index in [1.54, 1.807) is 30.3 Å². The SMILES string of the molecule is CC1(C)CC(=O)c2cc(C(=O)Nc3ccc(O)cc3)ccc2O1. The van der Waals surface area contributed by atoms with Crippen molar-refractivity contribution >= 4 is 17.4 Å². The van der Waals surface area contributed by atoms with Gasteiger partial charge in [-0.2, -0.15) is 0 Å². The Balaban J connectivity index is 1.84. The van der Waals surface area contributed by atoms with Gasteiger partial charge in [0.2, 0.25) is 0 Å². The normalized spacial score (nSPS) is 15.5. The number of carbonyl (C=O) groups is 2. The number of hydrogen-bond acceptors (Lipinski definition) is 4. The molecule has 0 atom stereocenters. The van der Waals surface area contributed by atoms with Crippen LogP contribution in [0.4, 0.5) is 5.69 Å². The maximum absolute atomic E-state index is 12.3. The summed E-state index contributed by atoms with van der Waals surface area (Å²) in [4.78, 5) is 24.5. The van der Waals surface area contributed by atoms with E-state index in [-0.39, 0.29) is 23.9 Å². The maximum Gasteiger partial charge on any atom is 0.255 e. The lowest BCUT2D eigenvalue weighted by Crippen LogP contribution is -2.36. The summed E-state index contributed by atoms with van der Waals surface area (Å²) in [5, 5.41) is 12.0. The summed E-state index contributed by atoms with van der Waals surface area (Å²) in [5.74, 6) is 0.279. The van der Waals surface area contributed by atoms with Crippen molar-refractivity contribution in [3.8, 4) is 11.5 Å². The lowest BCUT2D eigenvalue weighted by atomic mass is 9.92. The second kappa shape index (κ2) is 5.43. The van der Waals surface area contributed by atoms with Gasteiger partial charge in [-0.15, -0.1) is 0 Å². The smallest absolute Gasteiger partial charge is 0.255 e. The van der Waals surface area contributed by atoms with Gasteiger partial charge in [0, 0.05) is 11.3 Å². The second-order valence-electron chi connectivity index (χ2n) is 6.17. The predicted molar refractivity (Wildman–Crippen MR) is 86.2 cm³/mol. The molecule has 23 heavy (non-hydrogen) atoms. The number of benzene rings is 2. The van der Waals surface area contributed by atoms with Crippen LogP contribution in [0.25, 0.3) is 0 Å². The Hall–Kier alpha value is -2.82. The van der Waals surface area contributed by atoms with Crippen LogP contribution in [0.3, 0.4) is 0 Å². The van der Waals surface area contributed by atoms with Gasteiger partial charge >= 0.3 is 0 Å². The summed E-state index contributed by atoms with van der Waals surface area (Å²) in [7, 11) is 0. The van der Waals surface area contributed by atoms with E-state index < -0.39 is 5.60 Å². The minimum absolute atomic E-state index is 0.0319. The lowest BCUT2D eigenvalue weighted by Gasteiger charge is -2.31. The van der Waals surface area contributed by atoms with Gasteiger partial charge in [-0.05, 0) is 56.3 Å². The first kappa shape index (κ1) is 15.1. The molecule has 0 saturated carbocycles. The zero-order valence-electron chi connectivity index (χ0n) is 12.9. The van der Waals surface area contributed by atoms with E-state index in [0.717, 1.165) is 0 Å². The van der Waals surface area contributed by atoms with Crippen molar-refractivity contribution < 1.29 is 19.4 Å². The highest BCUT2D eigenvalue weighted by molar-refractivity contribution is 6.07. The number of carbonyl (C=O) groups excluding carboxylic acids is 2. The molecule has 0 bridgehead atoms. The molecule has 5 nitrogen and oxygen atoms in total. The standard InChI is InChI=1S/C18H17NO4/c1-18(2)10-15(21)14-9-11(3-8-16(14)23-18)17(22)19-12-4-6-13(20)7-5-12/h3-9,20H,10H2,1-2H3,(H,19,22). The number of nitrogens with one attached hydrogen (secondary N) is 1. The summed E-state index contributed by atoms with van der Waals surface area (Å²) in [6, 6.07) is 11.0. The highest BCUT2D eigenvalue weighted by Crippen LogP contribution is 2.33. The van der Waals surface area contributed by atoms with Crippen molar-refractivity contribution in [2.45, 2.75) is 25.9 Å². The summed E-state index contributed by atoms with van der Waals surface area (Å²) >= 11 is 0. The highest BCUT2D eigenvalue weighted by atomic mass is 16.5. The number of anilines is 1. The molecule has 0 fully saturated rings. The predicted octanol–water partition coefficient (Wildman–Crippen LogP) is 3.39. The molecule has 3 rings (SSSR count). The molecule has 1 aliphatic rings. The summed E-state index contributed by atoms with van der Waals surface area (Å²) in [5.41, 5.74) is 0.852. The largest absolute Gasteiger partial charge is 0.508 e. The number of fused-ring (bicyclic) bond motifs is 1. The molecule has 1 heterocycles. The molecule has 0 unspecified atom stereocenters. The first-order chi connectivity index (χ1) is 10.8. The van der Waals surface area contributed by atoms with Crippen molar-refractivity contribution in [3.63, 3.8) is 0 Å². The first-order valence-corrected chi connectivity index (χ1v) is 7.31. The molecule has 2 aromatic rings. The topological polar surface area (TPSA) is 75.6 Å². The number of ketones is 1. The fourth-order valence-corrected chi connectivity index (χ4v) is 2.54. The van der Waals surface area contributed by atoms with Gasteiger partial charge in [-0.25, -0.2) is 0 Å². The second-order valence-corrected chi connectivity index (χ2v) is 6.17. The molecule has 5 heteroatoms. The Kier molecular flexibility index (Phi) is 3.56. The quantitative estimate of drug-likeness (QED) is 0.834. The van der Waals surface area contributed by atoms with Crippen molar-refractivity contribution in [1.82, 2.24) is 0 Å². The molecule has 2 N–H and O–H groups in total. The van der Waals surface area contributed by atoms with E-state index in [1.807, 2.05) is 13.8 Å². The van der Waals surface area contributed by atoms with E-state index >= 15 is 0 Å². The Labute approximate surface area is 133 Å². The van der Waals surface area contributed by atoms with Crippen LogP contribution < -0.4 is 10.1 Å². The molecular weight excluding hydrogens is 294 g/mol. The third-order valence-corrected chi connectivity index (χ3v) is 3.64. The number of phenols is 1. The van der Waals surface area contributed by atoms with Gasteiger partial charge in [0.1, 0.15) is 17.1 Å². The van der Waals surface area contributed by atoms with Crippen LogP contribution in [-0.2, 0) is 0 Å². The molecule has 0 aliphatic carbocycles. The van der Waals surface area contributed by atoms with Crippen molar-refractivity contribution in [2.24, 2.45) is 0 Å². The third kappa shape index (κ3) is 3.18. The average molecular weight is 311 g/mol. The molecule has 0 radical (unpaired) electrons. The number of ether oxygens (including phenoxy) is 1. The van der Waals surface area contributed by atoms with Crippen LogP contribution in [-0.4, -0.2) is 22.4 Å². The summed E-state index contributed by atoms with van der Waals surface area (Å²) < 4.78 is 5.78. The fourth-order valence-electron chi connectivity index (χ4n) is 2.54. The molecule has 1 aliphatic heterocycles. The average Bonchev–Trinajstić information content (AvgIpc) is 2.48. The van der Waals surface area contributed by atoms with E-state index in [4.69, 9.17) is 4.74 Å². The number of aromatic hydroxyl groups is 1. The monoisotopic (exact) mass is 311 g/mol. The number of Topliss-reactive ketones (excluding diaryl/α,β-unsaturated/α-hetero) is 1. The van der Waals surface area contributed by atoms with Crippen LogP contribution in [0.1, 0.15) is 41.0 Å². The van der Waals surface area contributed by atoms with E-state index in [9.17, 15) is 14.7 Å². The Morgan fingerprint density at radius 2 is 1.87 bits per heavy atom. The minimum atomic E-state index is -0.528. The molecule has 0 spiro atoms.